The summed E-state index contributed by atoms with van der Waals surface area (Å²) in [5, 5.41) is 43.2. The van der Waals surface area contributed by atoms with Crippen molar-refractivity contribution in [2.75, 3.05) is 13.2 Å². The third-order valence-corrected chi connectivity index (χ3v) is 9.95. The molecule has 0 saturated heterocycles. The Morgan fingerprint density at radius 3 is 1.79 bits per heavy atom. The van der Waals surface area contributed by atoms with Crippen molar-refractivity contribution >= 4 is 21.9 Å². The largest absolute Gasteiger partial charge is 0.508 e. The van der Waals surface area contributed by atoms with Gasteiger partial charge in [0.05, 0.1) is 18.8 Å². The Labute approximate surface area is 325 Å². The van der Waals surface area contributed by atoms with E-state index in [1.165, 1.54) is 61.7 Å². The van der Waals surface area contributed by atoms with Crippen LogP contribution in [0, 0.1) is 0 Å². The van der Waals surface area contributed by atoms with Crippen LogP contribution < -0.4 is 20.3 Å². The lowest BCUT2D eigenvalue weighted by molar-refractivity contribution is 0.303. The Morgan fingerprint density at radius 2 is 1.11 bits per heavy atom. The van der Waals surface area contributed by atoms with Crippen molar-refractivity contribution < 1.29 is 38.7 Å². The first-order valence-electron chi connectivity index (χ1n) is 19.7. The number of hydrogen-bond acceptors (Lipinski definition) is 10. The maximum absolute atomic E-state index is 13.6. The molecule has 10 nitrogen and oxygen atoms in total. The van der Waals surface area contributed by atoms with Gasteiger partial charge >= 0.3 is 0 Å². The molecule has 6 rings (SSSR count). The molecule has 4 aromatic carbocycles. The molecule has 0 spiro atoms. The Balaban J connectivity index is 1.42. The molecule has 0 aliphatic carbocycles. The van der Waals surface area contributed by atoms with E-state index >= 15 is 0 Å². The highest BCUT2D eigenvalue weighted by Crippen LogP contribution is 2.46. The number of benzene rings is 4. The fourth-order valence-electron chi connectivity index (χ4n) is 6.92. The minimum atomic E-state index is -0.527. The van der Waals surface area contributed by atoms with Crippen LogP contribution >= 0.6 is 0 Å². The van der Waals surface area contributed by atoms with E-state index in [2.05, 4.69) is 13.8 Å². The minimum absolute atomic E-state index is 0.0121. The summed E-state index contributed by atoms with van der Waals surface area (Å²) in [7, 11) is 0. The lowest BCUT2D eigenvalue weighted by Gasteiger charge is -2.17. The lowest BCUT2D eigenvalue weighted by Crippen LogP contribution is -2.05. The van der Waals surface area contributed by atoms with Crippen LogP contribution in [0.3, 0.4) is 0 Å². The van der Waals surface area contributed by atoms with Gasteiger partial charge in [0.1, 0.15) is 62.4 Å². The number of fused-ring (bicyclic) bond motifs is 2. The second kappa shape index (κ2) is 18.6. The molecule has 294 valence electrons. The van der Waals surface area contributed by atoms with Crippen LogP contribution in [0.1, 0.15) is 90.9 Å². The van der Waals surface area contributed by atoms with Gasteiger partial charge in [0.25, 0.3) is 0 Å². The second-order valence-electron chi connectivity index (χ2n) is 14.2. The van der Waals surface area contributed by atoms with Crippen molar-refractivity contribution in [2.45, 2.75) is 90.9 Å². The van der Waals surface area contributed by atoms with Gasteiger partial charge in [-0.1, -0.05) is 78.1 Å². The summed E-state index contributed by atoms with van der Waals surface area (Å²) < 4.78 is 24.8. The quantitative estimate of drug-likeness (QED) is 0.0585. The van der Waals surface area contributed by atoms with Gasteiger partial charge in [-0.3, -0.25) is 9.59 Å². The molecule has 0 amide bonds. The molecule has 0 fully saturated rings. The van der Waals surface area contributed by atoms with Crippen LogP contribution in [0.25, 0.3) is 55.7 Å². The van der Waals surface area contributed by atoms with Crippen LogP contribution in [-0.2, 0) is 0 Å². The number of rotatable bonds is 19. The molecule has 0 aliphatic heterocycles. The predicted octanol–water partition coefficient (Wildman–Crippen LogP) is 11.2. The number of hydrogen-bond donors (Lipinski definition) is 4. The molecule has 6 aromatic rings. The zero-order valence-corrected chi connectivity index (χ0v) is 32.1. The fraction of sp³-hybridized carbons (Fsp3) is 0.348. The molecule has 0 bridgehead atoms. The van der Waals surface area contributed by atoms with E-state index in [1.54, 1.807) is 30.3 Å². The fourth-order valence-corrected chi connectivity index (χ4v) is 6.92. The van der Waals surface area contributed by atoms with Crippen molar-refractivity contribution in [2.24, 2.45) is 0 Å². The highest BCUT2D eigenvalue weighted by molar-refractivity contribution is 6.01. The van der Waals surface area contributed by atoms with E-state index < -0.39 is 10.9 Å². The Hall–Kier alpha value is -5.90. The van der Waals surface area contributed by atoms with E-state index in [4.69, 9.17) is 18.3 Å². The molecule has 56 heavy (non-hydrogen) atoms. The van der Waals surface area contributed by atoms with Gasteiger partial charge in [0, 0.05) is 47.0 Å². The maximum Gasteiger partial charge on any atom is 0.197 e. The van der Waals surface area contributed by atoms with Gasteiger partial charge in [-0.15, -0.1) is 0 Å². The molecule has 0 radical (unpaired) electrons. The van der Waals surface area contributed by atoms with Gasteiger partial charge in [-0.05, 0) is 55.3 Å². The first kappa shape index (κ1) is 39.8. The van der Waals surface area contributed by atoms with E-state index in [0.717, 1.165) is 57.8 Å². The molecule has 0 aliphatic rings. The van der Waals surface area contributed by atoms with Gasteiger partial charge in [-0.25, -0.2) is 0 Å². The summed E-state index contributed by atoms with van der Waals surface area (Å²) in [6.45, 7) is 5.10. The maximum atomic E-state index is 13.6. The highest BCUT2D eigenvalue weighted by atomic mass is 16.5. The highest BCUT2D eigenvalue weighted by Gasteiger charge is 2.24. The van der Waals surface area contributed by atoms with Gasteiger partial charge < -0.3 is 38.7 Å². The van der Waals surface area contributed by atoms with E-state index in [1.807, 2.05) is 0 Å². The first-order valence-corrected chi connectivity index (χ1v) is 19.7. The van der Waals surface area contributed by atoms with Gasteiger partial charge in [-0.2, -0.15) is 0 Å². The second-order valence-corrected chi connectivity index (χ2v) is 14.2. The van der Waals surface area contributed by atoms with Crippen LogP contribution in [0.2, 0.25) is 0 Å². The third-order valence-electron chi connectivity index (χ3n) is 9.95. The first-order chi connectivity index (χ1) is 27.2. The number of unbranched alkanes of at least 4 members (excludes halogenated alkanes) is 10. The molecule has 0 saturated carbocycles. The average molecular weight is 763 g/mol. The zero-order valence-electron chi connectivity index (χ0n) is 32.1. The predicted molar refractivity (Wildman–Crippen MR) is 219 cm³/mol. The SMILES string of the molecule is CCCCCCCCOc1cc(O)c2c(=O)cc(-c3ccc(O)c(-c4c(OCCCCCCCC)cc(O)c5c(=O)cc(-c6ccc(O)cc6)oc45)c3)oc2c1. The van der Waals surface area contributed by atoms with E-state index in [0.29, 0.717) is 30.1 Å². The summed E-state index contributed by atoms with van der Waals surface area (Å²) in [4.78, 5) is 27.0. The smallest absolute Gasteiger partial charge is 0.197 e. The van der Waals surface area contributed by atoms with Crippen molar-refractivity contribution in [1.82, 2.24) is 0 Å². The standard InChI is InChI=1S/C46H50O10/c1-3-5-7-9-11-13-21-53-32-24-35(49)44-36(50)26-40(55-42(44)25-32)30-17-20-34(48)33(23-30)43-41(54-22-14-12-10-8-6-4-2)28-38(52)45-37(51)27-39(56-46(43)45)29-15-18-31(47)19-16-29/h15-20,23-28,47-49,52H,3-14,21-22H2,1-2H3. The van der Waals surface area contributed by atoms with Crippen molar-refractivity contribution in [3.63, 3.8) is 0 Å². The molecular formula is C46H50O10. The number of aromatic hydroxyl groups is 4. The van der Waals surface area contributed by atoms with E-state index in [9.17, 15) is 30.0 Å². The van der Waals surface area contributed by atoms with Gasteiger partial charge in [0.2, 0.25) is 0 Å². The van der Waals surface area contributed by atoms with Crippen LogP contribution in [0.15, 0.2) is 91.2 Å². The molecule has 2 heterocycles. The molecule has 2 aromatic heterocycles. The number of phenols is 4. The Morgan fingerprint density at radius 1 is 0.536 bits per heavy atom. The zero-order chi connectivity index (χ0) is 39.6. The molecule has 10 heteroatoms. The number of phenolic OH excluding ortho intramolecular Hbond substituents is 4. The Kier molecular flexibility index (Phi) is 13.2. The normalized spacial score (nSPS) is 11.4. The molecule has 0 atom stereocenters. The lowest BCUT2D eigenvalue weighted by atomic mass is 9.96. The minimum Gasteiger partial charge on any atom is -0.508 e. The van der Waals surface area contributed by atoms with Gasteiger partial charge in [0.15, 0.2) is 16.4 Å². The monoisotopic (exact) mass is 762 g/mol. The van der Waals surface area contributed by atoms with E-state index in [-0.39, 0.29) is 73.3 Å². The molecular weight excluding hydrogens is 712 g/mol. The van der Waals surface area contributed by atoms with Crippen LogP contribution in [0.4, 0.5) is 0 Å². The van der Waals surface area contributed by atoms with Crippen LogP contribution in [-0.4, -0.2) is 33.6 Å². The molecule has 4 N–H and O–H groups in total. The third kappa shape index (κ3) is 9.30. The number of ether oxygens (including phenoxy) is 2. The van der Waals surface area contributed by atoms with Crippen molar-refractivity contribution in [3.05, 3.63) is 93.2 Å². The summed E-state index contributed by atoms with van der Waals surface area (Å²) in [5.74, 6) is 0.120. The Bertz CT molecular complexity index is 2390. The average Bonchev–Trinajstić information content (AvgIpc) is 3.17. The summed E-state index contributed by atoms with van der Waals surface area (Å²) >= 11 is 0. The summed E-state index contributed by atoms with van der Waals surface area (Å²) in [5.41, 5.74) is 0.408. The van der Waals surface area contributed by atoms with Crippen molar-refractivity contribution in [3.8, 4) is 68.3 Å². The molecule has 0 unspecified atom stereocenters. The topological polar surface area (TPSA) is 160 Å². The summed E-state index contributed by atoms with van der Waals surface area (Å²) in [6, 6.07) is 17.6. The van der Waals surface area contributed by atoms with Crippen molar-refractivity contribution in [1.29, 1.82) is 0 Å². The van der Waals surface area contributed by atoms with Crippen LogP contribution in [0.5, 0.6) is 34.5 Å². The summed E-state index contributed by atoms with van der Waals surface area (Å²) in [6.07, 6.45) is 12.8.